The van der Waals surface area contributed by atoms with Crippen molar-refractivity contribution in [3.05, 3.63) is 20.8 Å². The highest BCUT2D eigenvalue weighted by Gasteiger charge is 2.27. The van der Waals surface area contributed by atoms with Crippen molar-refractivity contribution in [3.8, 4) is 0 Å². The van der Waals surface area contributed by atoms with Crippen LogP contribution in [0.2, 0.25) is 0 Å². The second-order valence-electron chi connectivity index (χ2n) is 3.79. The lowest BCUT2D eigenvalue weighted by atomic mass is 10.4. The van der Waals surface area contributed by atoms with E-state index in [0.29, 0.717) is 9.58 Å². The Hall–Kier alpha value is -2.86. The average molecular weight is 286 g/mol. The zero-order valence-electron chi connectivity index (χ0n) is 10.7. The second-order valence-corrected chi connectivity index (χ2v) is 3.79. The van der Waals surface area contributed by atoms with E-state index < -0.39 is 34.8 Å². The smallest absolute Gasteiger partial charge is 0.335 e. The monoisotopic (exact) mass is 286 g/mol. The number of urea groups is 2. The van der Waals surface area contributed by atoms with Gasteiger partial charge in [-0.05, 0) is 0 Å². The maximum Gasteiger partial charge on any atom is 0.335 e. The first-order valence-electron chi connectivity index (χ1n) is 5.09. The minimum absolute atomic E-state index is 0.264. The first-order valence-corrected chi connectivity index (χ1v) is 5.09. The Balaban J connectivity index is 3.89. The van der Waals surface area contributed by atoms with Gasteiger partial charge in [0.15, 0.2) is 11.5 Å². The minimum Gasteiger partial charge on any atom is -0.350 e. The molecule has 0 saturated carbocycles. The van der Waals surface area contributed by atoms with Crippen molar-refractivity contribution in [1.29, 1.82) is 0 Å². The molecule has 0 spiro atoms. The van der Waals surface area contributed by atoms with Crippen molar-refractivity contribution < 1.29 is 9.59 Å². The van der Waals surface area contributed by atoms with Gasteiger partial charge in [-0.2, -0.15) is 0 Å². The Kier molecular flexibility index (Phi) is 3.82. The summed E-state index contributed by atoms with van der Waals surface area (Å²) in [6.07, 6.45) is 0. The summed E-state index contributed by atoms with van der Waals surface area (Å²) < 4.78 is 1.49. The van der Waals surface area contributed by atoms with Crippen LogP contribution < -0.4 is 44.4 Å². The van der Waals surface area contributed by atoms with Gasteiger partial charge in [0.05, 0.1) is 0 Å². The fourth-order valence-corrected chi connectivity index (χ4v) is 1.52. The lowest BCUT2D eigenvalue weighted by molar-refractivity contribution is 0.252. The Bertz CT molecular complexity index is 689. The Morgan fingerprint density at radius 2 is 1.40 bits per heavy atom. The second kappa shape index (κ2) is 5.02. The third-order valence-corrected chi connectivity index (χ3v) is 2.55. The highest BCUT2D eigenvalue weighted by Crippen LogP contribution is 2.19. The third kappa shape index (κ3) is 2.19. The van der Waals surface area contributed by atoms with Gasteiger partial charge < -0.3 is 11.5 Å². The van der Waals surface area contributed by atoms with Crippen molar-refractivity contribution in [1.82, 2.24) is 9.13 Å². The molecule has 0 aliphatic carbocycles. The molecule has 1 aromatic heterocycles. The van der Waals surface area contributed by atoms with Crippen molar-refractivity contribution >= 4 is 23.6 Å². The molecule has 0 aromatic carbocycles. The molecule has 110 valence electrons. The van der Waals surface area contributed by atoms with Crippen LogP contribution in [0.25, 0.3) is 0 Å². The number of amides is 4. The molecule has 0 fully saturated rings. The van der Waals surface area contributed by atoms with Gasteiger partial charge in [0, 0.05) is 14.1 Å². The van der Waals surface area contributed by atoms with Crippen LogP contribution in [0.5, 0.6) is 0 Å². The lowest BCUT2D eigenvalue weighted by Crippen LogP contribution is -2.53. The SMILES string of the molecule is Cn1c(N(N)C(N)=O)c(N(N)C(N)=O)c(=O)n(C)c1=O. The first kappa shape index (κ1) is 15.2. The van der Waals surface area contributed by atoms with E-state index in [1.807, 2.05) is 0 Å². The molecular weight excluding hydrogens is 272 g/mol. The molecule has 0 saturated heterocycles. The number of hydrogen-bond donors (Lipinski definition) is 4. The van der Waals surface area contributed by atoms with Crippen molar-refractivity contribution in [3.63, 3.8) is 0 Å². The normalized spacial score (nSPS) is 10.2. The standard InChI is InChI=1S/C8H14N8O4/c1-13-4(16(12)7(10)19)3(15(11)6(9)18)5(17)14(2)8(13)20/h11-12H2,1-2H3,(H2,9,18)(H2,10,19). The summed E-state index contributed by atoms with van der Waals surface area (Å²) in [7, 11) is 2.36. The highest BCUT2D eigenvalue weighted by molar-refractivity contribution is 5.97. The summed E-state index contributed by atoms with van der Waals surface area (Å²) in [4.78, 5) is 46.1. The van der Waals surface area contributed by atoms with Crippen LogP contribution >= 0.6 is 0 Å². The van der Waals surface area contributed by atoms with Gasteiger partial charge in [-0.15, -0.1) is 0 Å². The summed E-state index contributed by atoms with van der Waals surface area (Å²) >= 11 is 0. The number of hydrogen-bond acceptors (Lipinski definition) is 6. The van der Waals surface area contributed by atoms with Gasteiger partial charge in [-0.25, -0.2) is 36.1 Å². The van der Waals surface area contributed by atoms with Crippen LogP contribution in [0.3, 0.4) is 0 Å². The van der Waals surface area contributed by atoms with E-state index in [1.165, 1.54) is 7.05 Å². The summed E-state index contributed by atoms with van der Waals surface area (Å²) in [5.41, 5.74) is 7.61. The van der Waals surface area contributed by atoms with Crippen molar-refractivity contribution in [2.45, 2.75) is 0 Å². The number of primary amides is 2. The molecule has 1 heterocycles. The third-order valence-electron chi connectivity index (χ3n) is 2.55. The fourth-order valence-electron chi connectivity index (χ4n) is 1.52. The maximum absolute atomic E-state index is 12.0. The Morgan fingerprint density at radius 1 is 0.950 bits per heavy atom. The molecule has 20 heavy (non-hydrogen) atoms. The van der Waals surface area contributed by atoms with Gasteiger partial charge in [-0.3, -0.25) is 13.9 Å². The van der Waals surface area contributed by atoms with Crippen LogP contribution in [0.1, 0.15) is 0 Å². The molecule has 12 heteroatoms. The van der Waals surface area contributed by atoms with Crippen LogP contribution in [-0.2, 0) is 14.1 Å². The molecule has 12 nitrogen and oxygen atoms in total. The van der Waals surface area contributed by atoms with Crippen LogP contribution in [0.15, 0.2) is 9.59 Å². The number of carbonyl (C=O) groups excluding carboxylic acids is 2. The molecule has 0 atom stereocenters. The van der Waals surface area contributed by atoms with E-state index in [9.17, 15) is 19.2 Å². The number of aromatic nitrogens is 2. The van der Waals surface area contributed by atoms with Crippen LogP contribution in [-0.4, -0.2) is 21.2 Å². The molecule has 0 aliphatic heterocycles. The van der Waals surface area contributed by atoms with Crippen LogP contribution in [0.4, 0.5) is 21.1 Å². The molecular formula is C8H14N8O4. The molecule has 8 N–H and O–H groups in total. The van der Waals surface area contributed by atoms with Crippen molar-refractivity contribution in [2.75, 3.05) is 10.0 Å². The fraction of sp³-hybridized carbons (Fsp3) is 0.250. The quantitative estimate of drug-likeness (QED) is 0.249. The number of carbonyl (C=O) groups is 2. The van der Waals surface area contributed by atoms with Gasteiger partial charge >= 0.3 is 17.8 Å². The molecule has 0 radical (unpaired) electrons. The topological polar surface area (TPSA) is 189 Å². The minimum atomic E-state index is -1.19. The summed E-state index contributed by atoms with van der Waals surface area (Å²) in [5, 5.41) is 0.570. The number of hydrazine groups is 2. The maximum atomic E-state index is 12.0. The van der Waals surface area contributed by atoms with E-state index >= 15 is 0 Å². The van der Waals surface area contributed by atoms with Gasteiger partial charge in [-0.1, -0.05) is 0 Å². The predicted octanol–water partition coefficient (Wildman–Crippen LogP) is -3.40. The van der Waals surface area contributed by atoms with Gasteiger partial charge in [0.2, 0.25) is 0 Å². The molecule has 1 rings (SSSR count). The highest BCUT2D eigenvalue weighted by atomic mass is 16.2. The molecule has 4 amide bonds. The van der Waals surface area contributed by atoms with Crippen molar-refractivity contribution in [2.24, 2.45) is 37.2 Å². The number of nitrogens with two attached hydrogens (primary N) is 4. The number of anilines is 2. The number of rotatable bonds is 2. The van der Waals surface area contributed by atoms with Crippen LogP contribution in [0, 0.1) is 0 Å². The lowest BCUT2D eigenvalue weighted by Gasteiger charge is -2.24. The largest absolute Gasteiger partial charge is 0.350 e. The molecule has 0 unspecified atom stereocenters. The van der Waals surface area contributed by atoms with E-state index in [2.05, 4.69) is 0 Å². The zero-order valence-corrected chi connectivity index (χ0v) is 10.7. The van der Waals surface area contributed by atoms with E-state index in [-0.39, 0.29) is 5.01 Å². The summed E-state index contributed by atoms with van der Waals surface area (Å²) in [6.45, 7) is 0. The summed E-state index contributed by atoms with van der Waals surface area (Å²) in [6, 6.07) is -2.37. The van der Waals surface area contributed by atoms with E-state index in [0.717, 1.165) is 11.6 Å². The molecule has 0 bridgehead atoms. The predicted molar refractivity (Wildman–Crippen MR) is 69.4 cm³/mol. The average Bonchev–Trinajstić information content (AvgIpc) is 2.38. The Labute approximate surface area is 111 Å². The van der Waals surface area contributed by atoms with E-state index in [1.54, 1.807) is 0 Å². The van der Waals surface area contributed by atoms with Gasteiger partial charge in [0.1, 0.15) is 0 Å². The zero-order chi connectivity index (χ0) is 15.8. The number of nitrogens with zero attached hydrogens (tertiary/aromatic N) is 4. The molecule has 1 aromatic rings. The summed E-state index contributed by atoms with van der Waals surface area (Å²) in [5.74, 6) is 10.3. The Morgan fingerprint density at radius 3 is 1.80 bits per heavy atom. The van der Waals surface area contributed by atoms with E-state index in [4.69, 9.17) is 23.2 Å². The van der Waals surface area contributed by atoms with Gasteiger partial charge in [0.25, 0.3) is 5.56 Å². The first-order chi connectivity index (χ1) is 9.11. The molecule has 0 aliphatic rings.